The average molecular weight is 382 g/mol. The fourth-order valence-electron chi connectivity index (χ4n) is 4.47. The smallest absolute Gasteiger partial charge is 0.340 e. The van der Waals surface area contributed by atoms with Crippen molar-refractivity contribution in [2.75, 3.05) is 0 Å². The van der Waals surface area contributed by atoms with Gasteiger partial charge in [-0.1, -0.05) is 36.4 Å². The Kier molecular flexibility index (Phi) is 2.92. The van der Waals surface area contributed by atoms with E-state index in [1.54, 1.807) is 36.4 Å². The third-order valence-electron chi connectivity index (χ3n) is 5.68. The predicted molar refractivity (Wildman–Crippen MR) is 106 cm³/mol. The van der Waals surface area contributed by atoms with Crippen molar-refractivity contribution in [3.05, 3.63) is 95.1 Å². The highest BCUT2D eigenvalue weighted by molar-refractivity contribution is 6.00. The van der Waals surface area contributed by atoms with Gasteiger partial charge in [-0.3, -0.25) is 0 Å². The maximum Gasteiger partial charge on any atom is 0.340 e. The molecule has 5 heteroatoms. The largest absolute Gasteiger partial charge is 0.508 e. The fourth-order valence-corrected chi connectivity index (χ4v) is 4.47. The molecule has 6 rings (SSSR count). The van der Waals surface area contributed by atoms with E-state index in [2.05, 4.69) is 0 Å². The van der Waals surface area contributed by atoms with Crippen molar-refractivity contribution in [1.29, 1.82) is 0 Å². The van der Waals surface area contributed by atoms with Crippen LogP contribution in [0.2, 0.25) is 0 Å². The van der Waals surface area contributed by atoms with Crippen LogP contribution in [-0.4, -0.2) is 16.2 Å². The van der Waals surface area contributed by atoms with E-state index in [1.165, 1.54) is 6.07 Å². The topological polar surface area (TPSA) is 76.0 Å². The van der Waals surface area contributed by atoms with E-state index in [0.717, 1.165) is 5.39 Å². The Morgan fingerprint density at radius 1 is 0.793 bits per heavy atom. The molecule has 1 atom stereocenters. The van der Waals surface area contributed by atoms with E-state index in [-0.39, 0.29) is 11.5 Å². The van der Waals surface area contributed by atoms with Crippen LogP contribution in [0.5, 0.6) is 23.0 Å². The average Bonchev–Trinajstić information content (AvgIpc) is 3.01. The van der Waals surface area contributed by atoms with Gasteiger partial charge < -0.3 is 19.7 Å². The van der Waals surface area contributed by atoms with Gasteiger partial charge in [-0.25, -0.2) is 4.79 Å². The molecular formula is C24H14O5. The van der Waals surface area contributed by atoms with Crippen LogP contribution in [0.3, 0.4) is 0 Å². The Bertz CT molecular complexity index is 1360. The standard InChI is InChI=1S/C24H14O5/c25-14-9-11-17-20(12-14)28-22-18(10-8-13-4-3-7-19(26)21(13)22)24(17)16-6-2-1-5-15(16)23(27)29-24/h1-12,25-26H. The molecule has 4 aromatic rings. The second kappa shape index (κ2) is 5.29. The number of fused-ring (bicyclic) bond motifs is 8. The van der Waals surface area contributed by atoms with E-state index >= 15 is 0 Å². The number of carbonyl (C=O) groups is 1. The zero-order valence-electron chi connectivity index (χ0n) is 15.0. The minimum atomic E-state index is -1.22. The molecule has 0 saturated carbocycles. The summed E-state index contributed by atoms with van der Waals surface area (Å²) in [7, 11) is 0. The first-order chi connectivity index (χ1) is 14.1. The van der Waals surface area contributed by atoms with Crippen LogP contribution >= 0.6 is 0 Å². The zero-order valence-corrected chi connectivity index (χ0v) is 15.0. The lowest BCUT2D eigenvalue weighted by Crippen LogP contribution is -2.33. The van der Waals surface area contributed by atoms with Crippen LogP contribution in [0, 0.1) is 0 Å². The number of benzene rings is 4. The van der Waals surface area contributed by atoms with Crippen molar-refractivity contribution < 1.29 is 24.5 Å². The minimum absolute atomic E-state index is 0.0319. The monoisotopic (exact) mass is 382 g/mol. The van der Waals surface area contributed by atoms with Crippen LogP contribution in [0.25, 0.3) is 10.8 Å². The van der Waals surface area contributed by atoms with E-state index in [0.29, 0.717) is 39.1 Å². The quantitative estimate of drug-likeness (QED) is 0.427. The molecule has 4 aromatic carbocycles. The molecule has 0 amide bonds. The number of rotatable bonds is 0. The molecule has 29 heavy (non-hydrogen) atoms. The highest BCUT2D eigenvalue weighted by atomic mass is 16.6. The van der Waals surface area contributed by atoms with Crippen LogP contribution in [0.1, 0.15) is 27.0 Å². The zero-order chi connectivity index (χ0) is 19.8. The molecule has 1 spiro atoms. The summed E-state index contributed by atoms with van der Waals surface area (Å²) in [5.41, 5.74) is 1.22. The van der Waals surface area contributed by atoms with Gasteiger partial charge in [-0.05, 0) is 35.7 Å². The lowest BCUT2D eigenvalue weighted by molar-refractivity contribution is 0.0225. The van der Waals surface area contributed by atoms with Gasteiger partial charge in [0, 0.05) is 22.8 Å². The van der Waals surface area contributed by atoms with Gasteiger partial charge in [0.25, 0.3) is 0 Å². The highest BCUT2D eigenvalue weighted by Gasteiger charge is 2.53. The molecule has 0 aromatic heterocycles. The summed E-state index contributed by atoms with van der Waals surface area (Å²) in [5, 5.41) is 21.9. The molecule has 2 aliphatic heterocycles. The van der Waals surface area contributed by atoms with E-state index in [4.69, 9.17) is 9.47 Å². The summed E-state index contributed by atoms with van der Waals surface area (Å²) < 4.78 is 12.2. The Balaban J connectivity index is 1.80. The molecule has 0 radical (unpaired) electrons. The second-order valence-electron chi connectivity index (χ2n) is 7.22. The normalized spacial score (nSPS) is 18.7. The third kappa shape index (κ3) is 1.91. The van der Waals surface area contributed by atoms with Crippen molar-refractivity contribution >= 4 is 16.7 Å². The van der Waals surface area contributed by atoms with Crippen LogP contribution in [-0.2, 0) is 10.3 Å². The first-order valence-electron chi connectivity index (χ1n) is 9.19. The van der Waals surface area contributed by atoms with Gasteiger partial charge in [0.1, 0.15) is 23.0 Å². The molecule has 0 bridgehead atoms. The molecule has 2 aliphatic rings. The summed E-state index contributed by atoms with van der Waals surface area (Å²) in [5.74, 6) is 0.450. The maximum absolute atomic E-state index is 12.8. The first-order valence-corrected chi connectivity index (χ1v) is 9.19. The van der Waals surface area contributed by atoms with Crippen molar-refractivity contribution in [2.24, 2.45) is 0 Å². The van der Waals surface area contributed by atoms with E-state index in [9.17, 15) is 15.0 Å². The number of carbonyl (C=O) groups excluding carboxylic acids is 1. The first kappa shape index (κ1) is 16.0. The molecule has 2 heterocycles. The van der Waals surface area contributed by atoms with E-state index < -0.39 is 11.6 Å². The van der Waals surface area contributed by atoms with Gasteiger partial charge in [0.05, 0.1) is 10.9 Å². The molecule has 0 aliphatic carbocycles. The number of hydrogen-bond donors (Lipinski definition) is 2. The summed E-state index contributed by atoms with van der Waals surface area (Å²) in [4.78, 5) is 12.8. The molecule has 0 saturated heterocycles. The van der Waals surface area contributed by atoms with Gasteiger partial charge in [0.2, 0.25) is 0 Å². The number of phenolic OH excluding ortho intramolecular Hbond substituents is 2. The highest BCUT2D eigenvalue weighted by Crippen LogP contribution is 2.58. The minimum Gasteiger partial charge on any atom is -0.508 e. The molecule has 2 N–H and O–H groups in total. The van der Waals surface area contributed by atoms with Crippen molar-refractivity contribution in [3.63, 3.8) is 0 Å². The van der Waals surface area contributed by atoms with Crippen molar-refractivity contribution in [3.8, 4) is 23.0 Å². The van der Waals surface area contributed by atoms with Crippen molar-refractivity contribution in [2.45, 2.75) is 5.60 Å². The van der Waals surface area contributed by atoms with Gasteiger partial charge in [0.15, 0.2) is 5.60 Å². The fraction of sp³-hybridized carbons (Fsp3) is 0.0417. The predicted octanol–water partition coefficient (Wildman–Crippen LogP) is 4.82. The Morgan fingerprint density at radius 3 is 2.52 bits per heavy atom. The lowest BCUT2D eigenvalue weighted by atomic mass is 9.77. The number of ether oxygens (including phenoxy) is 2. The summed E-state index contributed by atoms with van der Waals surface area (Å²) in [6.45, 7) is 0. The number of hydrogen-bond acceptors (Lipinski definition) is 5. The third-order valence-corrected chi connectivity index (χ3v) is 5.68. The molecule has 0 fully saturated rings. The Labute approximate surface area is 165 Å². The molecule has 1 unspecified atom stereocenters. The molecule has 5 nitrogen and oxygen atoms in total. The second-order valence-corrected chi connectivity index (χ2v) is 7.22. The summed E-state index contributed by atoms with van der Waals surface area (Å²) in [6, 6.07) is 21.0. The van der Waals surface area contributed by atoms with Crippen LogP contribution in [0.4, 0.5) is 0 Å². The molecule has 140 valence electrons. The Morgan fingerprint density at radius 2 is 1.62 bits per heavy atom. The SMILES string of the molecule is O=C1OC2(c3ccc(O)cc3Oc3c2ccc2cccc(O)c32)c2ccccc21. The number of esters is 1. The van der Waals surface area contributed by atoms with Gasteiger partial charge in [-0.15, -0.1) is 0 Å². The van der Waals surface area contributed by atoms with Gasteiger partial charge >= 0.3 is 5.97 Å². The maximum atomic E-state index is 12.8. The lowest BCUT2D eigenvalue weighted by Gasteiger charge is -2.37. The van der Waals surface area contributed by atoms with Crippen LogP contribution < -0.4 is 4.74 Å². The Hall–Kier alpha value is -3.99. The van der Waals surface area contributed by atoms with E-state index in [1.807, 2.05) is 30.3 Å². The number of aromatic hydroxyl groups is 2. The summed E-state index contributed by atoms with van der Waals surface area (Å²) >= 11 is 0. The van der Waals surface area contributed by atoms with Crippen LogP contribution in [0.15, 0.2) is 72.8 Å². The number of phenols is 2. The van der Waals surface area contributed by atoms with Gasteiger partial charge in [-0.2, -0.15) is 0 Å². The van der Waals surface area contributed by atoms with Crippen molar-refractivity contribution in [1.82, 2.24) is 0 Å². The molecular weight excluding hydrogens is 368 g/mol. The summed E-state index contributed by atoms with van der Waals surface area (Å²) in [6.07, 6.45) is 0.